The number of hydrogen-bond acceptors (Lipinski definition) is 7. The van der Waals surface area contributed by atoms with Gasteiger partial charge < -0.3 is 20.4 Å². The van der Waals surface area contributed by atoms with Gasteiger partial charge in [0.25, 0.3) is 5.69 Å². The summed E-state index contributed by atoms with van der Waals surface area (Å²) in [6.07, 6.45) is 0.00357. The van der Waals surface area contributed by atoms with Crippen LogP contribution in [0.15, 0.2) is 66.7 Å². The number of ether oxygens (including phenoxy) is 1. The number of carbonyl (C=O) groups is 1. The topological polar surface area (TPSA) is 163 Å². The Morgan fingerprint density at radius 2 is 1.85 bits per heavy atom. The highest BCUT2D eigenvalue weighted by Gasteiger charge is 2.39. The molecule has 206 valence electrons. The number of nitrogens with two attached hydrogens (primary N) is 1. The van der Waals surface area contributed by atoms with Crippen molar-refractivity contribution in [3.05, 3.63) is 93.8 Å². The average Bonchev–Trinajstić information content (AvgIpc) is 3.33. The molecule has 12 nitrogen and oxygen atoms in total. The summed E-state index contributed by atoms with van der Waals surface area (Å²) in [6.45, 7) is 4.42. The minimum atomic E-state index is -0.523. The maximum Gasteiger partial charge on any atom is 0.452 e. The number of hydrogen-bond donors (Lipinski definition) is 4. The number of rotatable bonds is 8. The summed E-state index contributed by atoms with van der Waals surface area (Å²) in [6, 6.07) is 19.7. The number of aromatic amines is 1. The molecule has 0 aliphatic carbocycles. The van der Waals surface area contributed by atoms with E-state index in [2.05, 4.69) is 20.3 Å². The Morgan fingerprint density at radius 3 is 2.50 bits per heavy atom. The molecular weight excluding hydrogens is 512 g/mol. The Kier molecular flexibility index (Phi) is 7.34. The molecule has 0 saturated carbocycles. The van der Waals surface area contributed by atoms with Gasteiger partial charge in [-0.3, -0.25) is 15.5 Å². The summed E-state index contributed by atoms with van der Waals surface area (Å²) in [7, 11) is 0. The van der Waals surface area contributed by atoms with E-state index in [9.17, 15) is 14.9 Å². The summed E-state index contributed by atoms with van der Waals surface area (Å²) >= 11 is 0. The fourth-order valence-corrected chi connectivity index (χ4v) is 5.00. The van der Waals surface area contributed by atoms with Crippen molar-refractivity contribution in [3.8, 4) is 0 Å². The van der Waals surface area contributed by atoms with Crippen LogP contribution in [-0.4, -0.2) is 59.6 Å². The first kappa shape index (κ1) is 26.6. The number of nitro groups is 1. The van der Waals surface area contributed by atoms with Gasteiger partial charge in [0.1, 0.15) is 24.7 Å². The molecule has 0 atom stereocenters. The lowest BCUT2D eigenvalue weighted by molar-refractivity contribution is -0.384. The van der Waals surface area contributed by atoms with Crippen LogP contribution in [-0.2, 0) is 11.2 Å². The van der Waals surface area contributed by atoms with E-state index in [-0.39, 0.29) is 22.7 Å². The summed E-state index contributed by atoms with van der Waals surface area (Å²) in [4.78, 5) is 33.6. The van der Waals surface area contributed by atoms with Gasteiger partial charge in [0, 0.05) is 41.9 Å². The molecule has 1 amide bonds. The lowest BCUT2D eigenvalue weighted by Crippen LogP contribution is -2.69. The molecule has 1 aromatic heterocycles. The Labute approximate surface area is 230 Å². The van der Waals surface area contributed by atoms with Gasteiger partial charge in [-0.25, -0.2) is 9.78 Å². The highest BCUT2D eigenvalue weighted by Crippen LogP contribution is 2.29. The van der Waals surface area contributed by atoms with Crippen molar-refractivity contribution in [2.75, 3.05) is 37.7 Å². The van der Waals surface area contributed by atoms with Crippen molar-refractivity contribution >= 4 is 40.0 Å². The van der Waals surface area contributed by atoms with Crippen molar-refractivity contribution in [3.63, 3.8) is 0 Å². The van der Waals surface area contributed by atoms with Crippen LogP contribution < -0.4 is 20.7 Å². The van der Waals surface area contributed by atoms with Crippen LogP contribution in [0.3, 0.4) is 0 Å². The molecule has 1 fully saturated rings. The highest BCUT2D eigenvalue weighted by atomic mass is 16.6. The number of nitrogens with zero attached hydrogens (tertiary/aromatic N) is 4. The van der Waals surface area contributed by atoms with Gasteiger partial charge in [0.05, 0.1) is 35.7 Å². The van der Waals surface area contributed by atoms with Crippen LogP contribution in [0.2, 0.25) is 0 Å². The SMILES string of the molecule is Cc1nc2ccc([N+]3(NC(=O)OCCc4ccc(C(=N)N)cc4)CCN(c4ccc([N+](=O)[O-])cc4)CC3)cc2[nH]1. The first-order chi connectivity index (χ1) is 19.2. The highest BCUT2D eigenvalue weighted by molar-refractivity contribution is 5.94. The number of non-ortho nitro benzene ring substituents is 1. The van der Waals surface area contributed by atoms with E-state index in [0.717, 1.165) is 33.8 Å². The first-order valence-electron chi connectivity index (χ1n) is 12.9. The fraction of sp³-hybridized carbons (Fsp3) is 0.250. The van der Waals surface area contributed by atoms with E-state index in [1.165, 1.54) is 12.1 Å². The molecule has 0 unspecified atom stereocenters. The van der Waals surface area contributed by atoms with Crippen molar-refractivity contribution in [1.82, 2.24) is 20.0 Å². The van der Waals surface area contributed by atoms with E-state index >= 15 is 0 Å². The van der Waals surface area contributed by atoms with Crippen molar-refractivity contribution in [2.45, 2.75) is 13.3 Å². The number of imidazole rings is 1. The molecule has 1 saturated heterocycles. The van der Waals surface area contributed by atoms with Gasteiger partial charge in [0.2, 0.25) is 0 Å². The Morgan fingerprint density at radius 1 is 1.15 bits per heavy atom. The smallest absolute Gasteiger partial charge is 0.446 e. The number of amidine groups is 1. The van der Waals surface area contributed by atoms with Crippen molar-refractivity contribution in [2.24, 2.45) is 5.73 Å². The standard InChI is InChI=1S/C28H30N8O4/c1-19-31-25-11-10-24(18-26(25)32-19)36(15-13-34(14-16-36)22-6-8-23(9-7-22)35(38)39)33-28(37)40-17-12-20-2-4-21(5-3-20)27(29)30/h2-11,18H,12-17H2,1H3,(H4-,29,30,31,32,33,37)/p+1. The van der Waals surface area contributed by atoms with E-state index in [4.69, 9.17) is 15.9 Å². The second-order valence-electron chi connectivity index (χ2n) is 9.81. The van der Waals surface area contributed by atoms with Crippen LogP contribution in [0.1, 0.15) is 17.0 Å². The third-order valence-corrected chi connectivity index (χ3v) is 7.20. The number of benzene rings is 3. The maximum absolute atomic E-state index is 13.1. The van der Waals surface area contributed by atoms with E-state index in [1.807, 2.05) is 37.3 Å². The number of quaternary nitrogens is 1. The van der Waals surface area contributed by atoms with Crippen LogP contribution in [0.4, 0.5) is 21.9 Å². The minimum absolute atomic E-state index is 0.00773. The molecule has 12 heteroatoms. The van der Waals surface area contributed by atoms with Gasteiger partial charge in [-0.15, -0.1) is 0 Å². The Bertz CT molecular complexity index is 1540. The normalized spacial score (nSPS) is 14.6. The van der Waals surface area contributed by atoms with Crippen LogP contribution in [0.5, 0.6) is 0 Å². The minimum Gasteiger partial charge on any atom is -0.446 e. The van der Waals surface area contributed by atoms with Gasteiger partial charge >= 0.3 is 6.09 Å². The van der Waals surface area contributed by atoms with Crippen LogP contribution in [0, 0.1) is 22.4 Å². The second kappa shape index (κ2) is 11.0. The second-order valence-corrected chi connectivity index (χ2v) is 9.81. The third-order valence-electron chi connectivity index (χ3n) is 7.20. The van der Waals surface area contributed by atoms with E-state index in [0.29, 0.717) is 38.2 Å². The largest absolute Gasteiger partial charge is 0.452 e. The number of nitrogen functional groups attached to an aromatic ring is 1. The zero-order valence-electron chi connectivity index (χ0n) is 22.1. The molecule has 5 N–H and O–H groups in total. The summed E-state index contributed by atoms with van der Waals surface area (Å²) in [5, 5.41) is 18.5. The summed E-state index contributed by atoms with van der Waals surface area (Å²) in [5.41, 5.74) is 13.8. The molecule has 4 aromatic rings. The maximum atomic E-state index is 13.1. The van der Waals surface area contributed by atoms with Gasteiger partial charge in [-0.05, 0) is 30.7 Å². The number of carbonyl (C=O) groups excluding carboxylic acids is 1. The lowest BCUT2D eigenvalue weighted by atomic mass is 10.1. The van der Waals surface area contributed by atoms with Crippen molar-refractivity contribution < 1.29 is 14.5 Å². The molecule has 1 aliphatic rings. The zero-order valence-corrected chi connectivity index (χ0v) is 22.1. The molecule has 40 heavy (non-hydrogen) atoms. The third kappa shape index (κ3) is 5.71. The number of nitrogens with one attached hydrogen (secondary N) is 3. The fourth-order valence-electron chi connectivity index (χ4n) is 5.00. The van der Waals surface area contributed by atoms with E-state index in [1.54, 1.807) is 24.3 Å². The number of aromatic nitrogens is 2. The Balaban J connectivity index is 1.30. The lowest BCUT2D eigenvalue weighted by Gasteiger charge is -2.43. The molecule has 2 heterocycles. The monoisotopic (exact) mass is 543 g/mol. The average molecular weight is 544 g/mol. The first-order valence-corrected chi connectivity index (χ1v) is 12.9. The summed E-state index contributed by atoms with van der Waals surface area (Å²) in [5.74, 6) is 0.818. The predicted octanol–water partition coefficient (Wildman–Crippen LogP) is 3.77. The quantitative estimate of drug-likeness (QED) is 0.0864. The summed E-state index contributed by atoms with van der Waals surface area (Å²) < 4.78 is 5.77. The molecule has 3 aromatic carbocycles. The number of amides is 1. The molecule has 0 spiro atoms. The van der Waals surface area contributed by atoms with Gasteiger partial charge in [0.15, 0.2) is 5.69 Å². The number of H-pyrrole nitrogens is 1. The number of fused-ring (bicyclic) bond motifs is 1. The number of nitro benzene ring substituents is 1. The predicted molar refractivity (Wildman–Crippen MR) is 153 cm³/mol. The molecular formula is C28H31N8O4+. The van der Waals surface area contributed by atoms with E-state index < -0.39 is 11.0 Å². The number of piperazine rings is 1. The molecule has 5 rings (SSSR count). The number of anilines is 1. The molecule has 0 radical (unpaired) electrons. The van der Waals surface area contributed by atoms with Crippen LogP contribution in [0.25, 0.3) is 11.0 Å². The van der Waals surface area contributed by atoms with Gasteiger partial charge in [-0.2, -0.15) is 10.0 Å². The Hall–Kier alpha value is -4.97. The molecule has 0 bridgehead atoms. The zero-order chi connectivity index (χ0) is 28.3. The van der Waals surface area contributed by atoms with Crippen molar-refractivity contribution in [1.29, 1.82) is 5.41 Å². The van der Waals surface area contributed by atoms with Gasteiger partial charge in [-0.1, -0.05) is 24.3 Å². The van der Waals surface area contributed by atoms with Crippen LogP contribution >= 0.6 is 0 Å². The number of aryl methyl sites for hydroxylation is 1. The molecule has 1 aliphatic heterocycles.